The van der Waals surface area contributed by atoms with E-state index in [-0.39, 0.29) is 18.8 Å². The van der Waals surface area contributed by atoms with Crippen molar-refractivity contribution in [3.63, 3.8) is 0 Å². The first-order chi connectivity index (χ1) is 12.1. The van der Waals surface area contributed by atoms with Crippen LogP contribution in [0.3, 0.4) is 0 Å². The van der Waals surface area contributed by atoms with Gasteiger partial charge in [-0.05, 0) is 25.8 Å². The molecule has 0 bridgehead atoms. The maximum absolute atomic E-state index is 12.2. The zero-order valence-corrected chi connectivity index (χ0v) is 14.3. The van der Waals surface area contributed by atoms with Gasteiger partial charge >= 0.3 is 12.1 Å². The highest BCUT2D eigenvalue weighted by molar-refractivity contribution is 5.94. The first kappa shape index (κ1) is 18.5. The minimum atomic E-state index is -0.798. The summed E-state index contributed by atoms with van der Waals surface area (Å²) in [6, 6.07) is 10.4. The number of allylic oxidation sites excluding steroid dienone is 1. The SMILES string of the molecule is CCOC(=O)N1C(=O)NC(C)=C(C#N)C1COCCc1ccccc1. The Hall–Kier alpha value is -2.85. The lowest BCUT2D eigenvalue weighted by Crippen LogP contribution is -2.55. The fourth-order valence-corrected chi connectivity index (χ4v) is 2.56. The molecule has 0 spiro atoms. The molecule has 1 unspecified atom stereocenters. The standard InChI is InChI=1S/C18H21N3O4/c1-3-25-18(23)21-16(15(11-19)13(2)20-17(21)22)12-24-10-9-14-7-5-4-6-8-14/h4-8,16H,3,9-10,12H2,1-2H3,(H,20,22). The quantitative estimate of drug-likeness (QED) is 0.802. The van der Waals surface area contributed by atoms with E-state index in [1.54, 1.807) is 13.8 Å². The van der Waals surface area contributed by atoms with E-state index in [0.717, 1.165) is 10.5 Å². The number of hydrogen-bond donors (Lipinski definition) is 1. The molecule has 0 saturated carbocycles. The van der Waals surface area contributed by atoms with E-state index in [9.17, 15) is 14.9 Å². The third-order valence-corrected chi connectivity index (χ3v) is 3.80. The molecule has 3 amide bonds. The van der Waals surface area contributed by atoms with Crippen LogP contribution in [0.5, 0.6) is 0 Å². The second-order valence-corrected chi connectivity index (χ2v) is 5.48. The number of amides is 3. The van der Waals surface area contributed by atoms with Crippen molar-refractivity contribution in [1.29, 1.82) is 5.26 Å². The normalized spacial score (nSPS) is 17.1. The number of carbonyl (C=O) groups is 2. The predicted molar refractivity (Wildman–Crippen MR) is 90.5 cm³/mol. The van der Waals surface area contributed by atoms with Gasteiger partial charge in [0.1, 0.15) is 6.04 Å². The molecule has 1 aromatic carbocycles. The van der Waals surface area contributed by atoms with E-state index in [4.69, 9.17) is 9.47 Å². The van der Waals surface area contributed by atoms with Crippen LogP contribution in [0.2, 0.25) is 0 Å². The van der Waals surface area contributed by atoms with Gasteiger partial charge in [-0.1, -0.05) is 30.3 Å². The molecule has 1 heterocycles. The fourth-order valence-electron chi connectivity index (χ4n) is 2.56. The maximum Gasteiger partial charge on any atom is 0.418 e. The molecule has 0 saturated heterocycles. The molecule has 0 radical (unpaired) electrons. The van der Waals surface area contributed by atoms with Gasteiger partial charge in [0.2, 0.25) is 0 Å². The fraction of sp³-hybridized carbons (Fsp3) is 0.389. The number of nitrogens with one attached hydrogen (secondary N) is 1. The van der Waals surface area contributed by atoms with Crippen LogP contribution in [-0.2, 0) is 15.9 Å². The van der Waals surface area contributed by atoms with Crippen LogP contribution in [0, 0.1) is 11.3 Å². The smallest absolute Gasteiger partial charge is 0.418 e. The summed E-state index contributed by atoms with van der Waals surface area (Å²) in [7, 11) is 0. The Morgan fingerprint density at radius 1 is 1.36 bits per heavy atom. The Kier molecular flexibility index (Phi) is 6.54. The lowest BCUT2D eigenvalue weighted by atomic mass is 10.0. The zero-order valence-electron chi connectivity index (χ0n) is 14.3. The van der Waals surface area contributed by atoms with E-state index in [0.29, 0.717) is 18.7 Å². The first-order valence-corrected chi connectivity index (χ1v) is 8.08. The van der Waals surface area contributed by atoms with Crippen molar-refractivity contribution >= 4 is 12.1 Å². The van der Waals surface area contributed by atoms with Gasteiger partial charge in [-0.15, -0.1) is 0 Å². The van der Waals surface area contributed by atoms with Crippen molar-refractivity contribution in [1.82, 2.24) is 10.2 Å². The minimum Gasteiger partial charge on any atom is -0.449 e. The molecule has 1 aliphatic rings. The number of hydrogen-bond acceptors (Lipinski definition) is 5. The van der Waals surface area contributed by atoms with Crippen molar-refractivity contribution in [3.05, 3.63) is 47.2 Å². The van der Waals surface area contributed by atoms with Crippen molar-refractivity contribution < 1.29 is 19.1 Å². The van der Waals surface area contributed by atoms with Gasteiger partial charge in [0.25, 0.3) is 0 Å². The molecular weight excluding hydrogens is 322 g/mol. The Balaban J connectivity index is 2.06. The number of benzene rings is 1. The third kappa shape index (κ3) is 4.58. The van der Waals surface area contributed by atoms with Gasteiger partial charge in [-0.2, -0.15) is 5.26 Å². The zero-order chi connectivity index (χ0) is 18.2. The number of carbonyl (C=O) groups excluding carboxylic acids is 2. The van der Waals surface area contributed by atoms with Crippen molar-refractivity contribution in [2.45, 2.75) is 26.3 Å². The molecule has 0 aromatic heterocycles. The molecule has 7 heteroatoms. The number of nitriles is 1. The number of rotatable bonds is 6. The molecule has 0 fully saturated rings. The summed E-state index contributed by atoms with van der Waals surface area (Å²) < 4.78 is 10.6. The maximum atomic E-state index is 12.2. The van der Waals surface area contributed by atoms with Gasteiger partial charge in [0.05, 0.1) is 31.5 Å². The summed E-state index contributed by atoms with van der Waals surface area (Å²) in [6.45, 7) is 3.86. The van der Waals surface area contributed by atoms with Crippen molar-refractivity contribution in [3.8, 4) is 6.07 Å². The molecule has 0 aliphatic carbocycles. The molecule has 7 nitrogen and oxygen atoms in total. The van der Waals surface area contributed by atoms with Crippen LogP contribution < -0.4 is 5.32 Å². The Morgan fingerprint density at radius 2 is 2.08 bits per heavy atom. The molecule has 2 rings (SSSR count). The van der Waals surface area contributed by atoms with Gasteiger partial charge < -0.3 is 14.8 Å². The van der Waals surface area contributed by atoms with Crippen molar-refractivity contribution in [2.75, 3.05) is 19.8 Å². The summed E-state index contributed by atoms with van der Waals surface area (Å²) in [5.74, 6) is 0. The average molecular weight is 343 g/mol. The van der Waals surface area contributed by atoms with Gasteiger partial charge in [0, 0.05) is 5.70 Å². The van der Waals surface area contributed by atoms with Crippen LogP contribution in [-0.4, -0.2) is 42.9 Å². The van der Waals surface area contributed by atoms with Gasteiger partial charge in [-0.3, -0.25) is 0 Å². The second kappa shape index (κ2) is 8.85. The molecular formula is C18H21N3O4. The van der Waals surface area contributed by atoms with Crippen LogP contribution in [0.25, 0.3) is 0 Å². The van der Waals surface area contributed by atoms with Crippen molar-refractivity contribution in [2.24, 2.45) is 0 Å². The molecule has 1 atom stereocenters. The highest BCUT2D eigenvalue weighted by Crippen LogP contribution is 2.20. The molecule has 1 aliphatic heterocycles. The van der Waals surface area contributed by atoms with Gasteiger partial charge in [-0.25, -0.2) is 14.5 Å². The van der Waals surface area contributed by atoms with Crippen LogP contribution in [0.1, 0.15) is 19.4 Å². The predicted octanol–water partition coefficient (Wildman–Crippen LogP) is 2.59. The lowest BCUT2D eigenvalue weighted by Gasteiger charge is -2.33. The molecule has 1 aromatic rings. The molecule has 132 valence electrons. The van der Waals surface area contributed by atoms with E-state index in [1.165, 1.54) is 0 Å². The van der Waals surface area contributed by atoms with Crippen LogP contribution in [0.15, 0.2) is 41.6 Å². The van der Waals surface area contributed by atoms with E-state index >= 15 is 0 Å². The second-order valence-electron chi connectivity index (χ2n) is 5.48. The highest BCUT2D eigenvalue weighted by Gasteiger charge is 2.38. The molecule has 25 heavy (non-hydrogen) atoms. The van der Waals surface area contributed by atoms with E-state index in [2.05, 4.69) is 5.32 Å². The number of ether oxygens (including phenoxy) is 2. The average Bonchev–Trinajstić information content (AvgIpc) is 2.59. The van der Waals surface area contributed by atoms with E-state index < -0.39 is 18.2 Å². The van der Waals surface area contributed by atoms with Gasteiger partial charge in [0.15, 0.2) is 0 Å². The third-order valence-electron chi connectivity index (χ3n) is 3.80. The Bertz CT molecular complexity index is 694. The van der Waals surface area contributed by atoms with Crippen LogP contribution in [0.4, 0.5) is 9.59 Å². The first-order valence-electron chi connectivity index (χ1n) is 8.08. The Morgan fingerprint density at radius 3 is 2.72 bits per heavy atom. The summed E-state index contributed by atoms with van der Waals surface area (Å²) >= 11 is 0. The number of nitrogens with zero attached hydrogens (tertiary/aromatic N) is 2. The minimum absolute atomic E-state index is 0.0410. The molecule has 1 N–H and O–H groups in total. The number of urea groups is 1. The summed E-state index contributed by atoms with van der Waals surface area (Å²) in [5.41, 5.74) is 1.83. The lowest BCUT2D eigenvalue weighted by molar-refractivity contribution is 0.0660. The summed E-state index contributed by atoms with van der Waals surface area (Å²) in [4.78, 5) is 25.2. The highest BCUT2D eigenvalue weighted by atomic mass is 16.6. The monoisotopic (exact) mass is 343 g/mol. The van der Waals surface area contributed by atoms with Crippen LogP contribution >= 0.6 is 0 Å². The summed E-state index contributed by atoms with van der Waals surface area (Å²) in [5, 5.41) is 11.9. The largest absolute Gasteiger partial charge is 0.449 e. The van der Waals surface area contributed by atoms with E-state index in [1.807, 2.05) is 36.4 Å². The summed E-state index contributed by atoms with van der Waals surface area (Å²) in [6.07, 6.45) is -0.0964. The topological polar surface area (TPSA) is 91.7 Å². The Labute approximate surface area is 146 Å². The number of imide groups is 1.